The number of halogens is 4. The third kappa shape index (κ3) is 3.74. The number of nitrogens with one attached hydrogen (secondary N) is 1. The van der Waals surface area contributed by atoms with Crippen molar-refractivity contribution in [3.63, 3.8) is 0 Å². The maximum absolute atomic E-state index is 13.5. The number of amides is 1. The number of hydrogen-bond donors (Lipinski definition) is 1. The van der Waals surface area contributed by atoms with Crippen LogP contribution in [0.2, 0.25) is 0 Å². The van der Waals surface area contributed by atoms with Crippen molar-refractivity contribution in [2.24, 2.45) is 21.4 Å². The van der Waals surface area contributed by atoms with Crippen LogP contribution in [0.1, 0.15) is 56.0 Å². The fourth-order valence-electron chi connectivity index (χ4n) is 5.32. The molecule has 0 aromatic heterocycles. The average Bonchev–Trinajstić information content (AvgIpc) is 3.08. The van der Waals surface area contributed by atoms with Crippen LogP contribution >= 0.6 is 15.9 Å². The van der Waals surface area contributed by atoms with Gasteiger partial charge in [-0.2, -0.15) is 13.2 Å². The van der Waals surface area contributed by atoms with E-state index in [9.17, 15) is 22.8 Å². The van der Waals surface area contributed by atoms with Gasteiger partial charge in [-0.05, 0) is 64.5 Å². The molecular formula is C25H24BrF3N2O3. The van der Waals surface area contributed by atoms with E-state index >= 15 is 0 Å². The van der Waals surface area contributed by atoms with Crippen molar-refractivity contribution < 1.29 is 27.6 Å². The zero-order valence-electron chi connectivity index (χ0n) is 18.9. The molecule has 0 aliphatic heterocycles. The summed E-state index contributed by atoms with van der Waals surface area (Å²) in [6, 6.07) is 11.4. The molecule has 5 nitrogen and oxygen atoms in total. The van der Waals surface area contributed by atoms with Gasteiger partial charge in [0.05, 0.1) is 22.3 Å². The zero-order valence-corrected chi connectivity index (χ0v) is 20.5. The molecule has 2 atom stereocenters. The third-order valence-electron chi connectivity index (χ3n) is 7.95. The fraction of sp³-hybridized carbons (Fsp3) is 0.400. The summed E-state index contributed by atoms with van der Waals surface area (Å²) in [5.74, 6) is -0.977. The van der Waals surface area contributed by atoms with Gasteiger partial charge in [0.25, 0.3) is 0 Å². The molecule has 34 heavy (non-hydrogen) atoms. The number of fused-ring (bicyclic) bond motifs is 2. The van der Waals surface area contributed by atoms with E-state index < -0.39 is 34.0 Å². The largest absolute Gasteiger partial charge is 0.416 e. The van der Waals surface area contributed by atoms with Gasteiger partial charge < -0.3 is 10.2 Å². The van der Waals surface area contributed by atoms with E-state index in [1.807, 2.05) is 20.8 Å². The van der Waals surface area contributed by atoms with Gasteiger partial charge in [0.1, 0.15) is 0 Å². The monoisotopic (exact) mass is 536 g/mol. The van der Waals surface area contributed by atoms with E-state index in [0.717, 1.165) is 12.1 Å². The van der Waals surface area contributed by atoms with Gasteiger partial charge in [0.15, 0.2) is 0 Å². The first-order valence-corrected chi connectivity index (χ1v) is 11.6. The summed E-state index contributed by atoms with van der Waals surface area (Å²) in [6.45, 7) is 5.91. The molecule has 2 unspecified atom stereocenters. The highest BCUT2D eigenvalue weighted by molar-refractivity contribution is 9.10. The minimum atomic E-state index is -4.50. The Morgan fingerprint density at radius 3 is 2.44 bits per heavy atom. The molecule has 180 valence electrons. The highest BCUT2D eigenvalue weighted by Crippen LogP contribution is 2.71. The number of carbonyl (C=O) groups excluding carboxylic acids is 2. The van der Waals surface area contributed by atoms with Crippen LogP contribution in [0.25, 0.3) is 0 Å². The smallest absolute Gasteiger partial charge is 0.326 e. The molecule has 0 saturated heterocycles. The molecule has 2 bridgehead atoms. The second-order valence-corrected chi connectivity index (χ2v) is 10.5. The number of hydrogen-bond acceptors (Lipinski definition) is 4. The molecule has 2 aromatic carbocycles. The average molecular weight is 537 g/mol. The Hall–Kier alpha value is -2.68. The first-order valence-electron chi connectivity index (χ1n) is 10.8. The van der Waals surface area contributed by atoms with Gasteiger partial charge in [0, 0.05) is 22.0 Å². The lowest BCUT2D eigenvalue weighted by molar-refractivity contribution is -0.137. The fourth-order valence-corrected chi connectivity index (χ4v) is 5.77. The number of nitrogens with zero attached hydrogens (tertiary/aromatic N) is 1. The lowest BCUT2D eigenvalue weighted by Gasteiger charge is -2.39. The van der Waals surface area contributed by atoms with Gasteiger partial charge in [-0.15, -0.1) is 0 Å². The number of anilines is 1. The van der Waals surface area contributed by atoms with E-state index in [4.69, 9.17) is 4.84 Å². The summed E-state index contributed by atoms with van der Waals surface area (Å²) in [7, 11) is 0. The maximum Gasteiger partial charge on any atom is 0.416 e. The first-order chi connectivity index (χ1) is 15.8. The summed E-state index contributed by atoms with van der Waals surface area (Å²) >= 11 is 3.32. The Bertz CT molecular complexity index is 1190. The molecular weight excluding hydrogens is 513 g/mol. The van der Waals surface area contributed by atoms with E-state index in [-0.39, 0.29) is 18.0 Å². The molecule has 0 spiro atoms. The highest BCUT2D eigenvalue weighted by atomic mass is 79.9. The molecule has 0 radical (unpaired) electrons. The molecule has 9 heteroatoms. The Morgan fingerprint density at radius 2 is 1.76 bits per heavy atom. The molecule has 0 heterocycles. The predicted molar refractivity (Wildman–Crippen MR) is 125 cm³/mol. The maximum atomic E-state index is 13.5. The summed E-state index contributed by atoms with van der Waals surface area (Å²) in [6.07, 6.45) is -3.06. The van der Waals surface area contributed by atoms with Crippen molar-refractivity contribution >= 4 is 39.2 Å². The Kier molecular flexibility index (Phi) is 5.91. The predicted octanol–water partition coefficient (Wildman–Crippen LogP) is 6.84. The van der Waals surface area contributed by atoms with Crippen LogP contribution in [-0.2, 0) is 15.8 Å². The highest BCUT2D eigenvalue weighted by Gasteiger charge is 2.71. The number of alkyl halides is 3. The standard InChI is InChI=1S/C25H24BrF3N2O3/c1-22(2)23(3)11-12-24(22,21(33)30-16-8-6-7-15(13-16)25(27,28)29)14-19(23)31-34-20(32)17-9-4-5-10-18(17)26/h4-10,13H,11-12,14H2,1-3H3,(H,30,33)/b31-19+. The van der Waals surface area contributed by atoms with Crippen LogP contribution in [-0.4, -0.2) is 17.6 Å². The van der Waals surface area contributed by atoms with Crippen LogP contribution in [0.3, 0.4) is 0 Å². The summed E-state index contributed by atoms with van der Waals surface area (Å²) in [5, 5.41) is 6.89. The Balaban J connectivity index is 1.59. The molecule has 1 amide bonds. The van der Waals surface area contributed by atoms with E-state index in [1.54, 1.807) is 24.3 Å². The normalized spacial score (nSPS) is 26.5. The first kappa shape index (κ1) is 24.4. The minimum absolute atomic E-state index is 0.0874. The van der Waals surface area contributed by atoms with Gasteiger partial charge in [-0.25, -0.2) is 4.79 Å². The van der Waals surface area contributed by atoms with Gasteiger partial charge in [-0.1, -0.05) is 44.1 Å². The second-order valence-electron chi connectivity index (χ2n) is 9.65. The Labute approximate surface area is 203 Å². The van der Waals surface area contributed by atoms with Crippen LogP contribution in [0.15, 0.2) is 58.2 Å². The summed E-state index contributed by atoms with van der Waals surface area (Å²) < 4.78 is 39.9. The molecule has 2 aliphatic rings. The lowest BCUT2D eigenvalue weighted by atomic mass is 9.64. The van der Waals surface area contributed by atoms with Gasteiger partial charge in [-0.3, -0.25) is 4.79 Å². The molecule has 2 aromatic rings. The number of rotatable bonds is 4. The third-order valence-corrected chi connectivity index (χ3v) is 8.64. The number of benzene rings is 2. The van der Waals surface area contributed by atoms with Crippen LogP contribution in [0.5, 0.6) is 0 Å². The van der Waals surface area contributed by atoms with Crippen LogP contribution < -0.4 is 5.32 Å². The van der Waals surface area contributed by atoms with Crippen molar-refractivity contribution in [1.82, 2.24) is 0 Å². The van der Waals surface area contributed by atoms with E-state index in [0.29, 0.717) is 28.6 Å². The zero-order chi connectivity index (χ0) is 24.9. The molecule has 2 saturated carbocycles. The van der Waals surface area contributed by atoms with Crippen LogP contribution in [0.4, 0.5) is 18.9 Å². The van der Waals surface area contributed by atoms with Gasteiger partial charge in [0.2, 0.25) is 5.91 Å². The minimum Gasteiger partial charge on any atom is -0.326 e. The molecule has 2 fully saturated rings. The van der Waals surface area contributed by atoms with Gasteiger partial charge >= 0.3 is 12.1 Å². The number of oxime groups is 1. The second kappa shape index (κ2) is 8.22. The molecule has 4 rings (SSSR count). The van der Waals surface area contributed by atoms with E-state index in [2.05, 4.69) is 26.4 Å². The lowest BCUT2D eigenvalue weighted by Crippen LogP contribution is -2.43. The Morgan fingerprint density at radius 1 is 1.06 bits per heavy atom. The molecule has 2 aliphatic carbocycles. The SMILES string of the molecule is CC12CCC(C(=O)Nc3cccc(C(F)(F)F)c3)(C/C1=N\OC(=O)c1ccccc1Br)C2(C)C. The van der Waals surface area contributed by atoms with E-state index in [1.165, 1.54) is 12.1 Å². The topological polar surface area (TPSA) is 67.8 Å². The van der Waals surface area contributed by atoms with Crippen LogP contribution in [0, 0.1) is 16.2 Å². The summed E-state index contributed by atoms with van der Waals surface area (Å²) in [5.41, 5.74) is -1.78. The van der Waals surface area contributed by atoms with Crippen molar-refractivity contribution in [3.05, 3.63) is 64.1 Å². The quantitative estimate of drug-likeness (QED) is 0.343. The molecule has 1 N–H and O–H groups in total. The number of carbonyl (C=O) groups is 2. The summed E-state index contributed by atoms with van der Waals surface area (Å²) in [4.78, 5) is 31.3. The van der Waals surface area contributed by atoms with Crippen molar-refractivity contribution in [1.29, 1.82) is 0 Å². The van der Waals surface area contributed by atoms with Crippen molar-refractivity contribution in [2.75, 3.05) is 5.32 Å². The van der Waals surface area contributed by atoms with Crippen molar-refractivity contribution in [2.45, 2.75) is 46.2 Å². The van der Waals surface area contributed by atoms with Crippen molar-refractivity contribution in [3.8, 4) is 0 Å².